The van der Waals surface area contributed by atoms with Gasteiger partial charge in [0.15, 0.2) is 0 Å². The van der Waals surface area contributed by atoms with Crippen LogP contribution in [0, 0.1) is 5.92 Å². The highest BCUT2D eigenvalue weighted by Gasteiger charge is 2.27. The van der Waals surface area contributed by atoms with Gasteiger partial charge in [0.25, 0.3) is 0 Å². The Hall–Kier alpha value is -2.82. The zero-order valence-electron chi connectivity index (χ0n) is 14.0. The number of H-pyrrole nitrogens is 1. The van der Waals surface area contributed by atoms with Crippen LogP contribution in [-0.4, -0.2) is 32.7 Å². The van der Waals surface area contributed by atoms with Crippen LogP contribution in [0.3, 0.4) is 0 Å². The number of phenols is 1. The molecule has 0 spiro atoms. The standard InChI is InChI=1S/C20H21N3O2/c24-18-3-1-2-16(8-18)13-23(12-14-4-5-14)20(25)10-15-6-7-17-11-21-22-19(17)9-15/h1-3,6-9,11,14,24H,4-5,10,12-13H2,(H,21,22). The number of fused-ring (bicyclic) bond motifs is 1. The molecule has 5 nitrogen and oxygen atoms in total. The molecule has 1 saturated carbocycles. The SMILES string of the molecule is O=C(Cc1ccc2cn[nH]c2c1)N(Cc1cccc(O)c1)CC1CC1. The van der Waals surface area contributed by atoms with E-state index in [1.807, 2.05) is 35.2 Å². The first-order valence-electron chi connectivity index (χ1n) is 8.65. The molecule has 128 valence electrons. The number of benzene rings is 2. The van der Waals surface area contributed by atoms with Crippen LogP contribution in [0.2, 0.25) is 0 Å². The molecule has 3 aromatic rings. The average Bonchev–Trinajstić information content (AvgIpc) is 3.29. The molecule has 0 saturated heterocycles. The Morgan fingerprint density at radius 1 is 1.20 bits per heavy atom. The van der Waals surface area contributed by atoms with Gasteiger partial charge in [-0.2, -0.15) is 5.10 Å². The van der Waals surface area contributed by atoms with Crippen molar-refractivity contribution in [3.63, 3.8) is 0 Å². The number of hydrogen-bond acceptors (Lipinski definition) is 3. The number of amides is 1. The van der Waals surface area contributed by atoms with E-state index in [4.69, 9.17) is 0 Å². The van der Waals surface area contributed by atoms with Crippen molar-refractivity contribution in [2.75, 3.05) is 6.54 Å². The fraction of sp³-hybridized carbons (Fsp3) is 0.300. The maximum Gasteiger partial charge on any atom is 0.227 e. The van der Waals surface area contributed by atoms with Gasteiger partial charge in [0, 0.05) is 18.5 Å². The van der Waals surface area contributed by atoms with E-state index in [0.29, 0.717) is 18.9 Å². The second-order valence-corrected chi connectivity index (χ2v) is 6.86. The molecule has 1 aliphatic rings. The predicted molar refractivity (Wildman–Crippen MR) is 96.0 cm³/mol. The summed E-state index contributed by atoms with van der Waals surface area (Å²) in [6.45, 7) is 1.33. The molecule has 25 heavy (non-hydrogen) atoms. The molecular weight excluding hydrogens is 314 g/mol. The molecule has 0 unspecified atom stereocenters. The van der Waals surface area contributed by atoms with Crippen molar-refractivity contribution in [2.45, 2.75) is 25.8 Å². The Balaban J connectivity index is 1.50. The normalized spacial score (nSPS) is 13.9. The molecule has 1 aliphatic carbocycles. The summed E-state index contributed by atoms with van der Waals surface area (Å²) in [6.07, 6.45) is 4.55. The van der Waals surface area contributed by atoms with Gasteiger partial charge in [0.05, 0.1) is 18.1 Å². The minimum Gasteiger partial charge on any atom is -0.508 e. The van der Waals surface area contributed by atoms with Crippen LogP contribution in [0.5, 0.6) is 5.75 Å². The molecule has 1 fully saturated rings. The van der Waals surface area contributed by atoms with Gasteiger partial charge in [0.1, 0.15) is 5.75 Å². The van der Waals surface area contributed by atoms with Crippen LogP contribution in [0.25, 0.3) is 10.9 Å². The Morgan fingerprint density at radius 2 is 2.08 bits per heavy atom. The van der Waals surface area contributed by atoms with Crippen molar-refractivity contribution in [3.05, 3.63) is 59.8 Å². The van der Waals surface area contributed by atoms with Gasteiger partial charge in [-0.15, -0.1) is 0 Å². The summed E-state index contributed by atoms with van der Waals surface area (Å²) in [4.78, 5) is 14.8. The van der Waals surface area contributed by atoms with Crippen LogP contribution in [0.4, 0.5) is 0 Å². The van der Waals surface area contributed by atoms with Gasteiger partial charge in [-0.1, -0.05) is 24.3 Å². The van der Waals surface area contributed by atoms with Crippen molar-refractivity contribution >= 4 is 16.8 Å². The molecular formula is C20H21N3O2. The minimum absolute atomic E-state index is 0.120. The van der Waals surface area contributed by atoms with Gasteiger partial charge >= 0.3 is 0 Å². The number of phenolic OH excluding ortho intramolecular Hbond substituents is 1. The number of carbonyl (C=O) groups is 1. The number of nitrogens with zero attached hydrogens (tertiary/aromatic N) is 2. The Kier molecular flexibility index (Phi) is 4.14. The van der Waals surface area contributed by atoms with E-state index < -0.39 is 0 Å². The van der Waals surface area contributed by atoms with Crippen molar-refractivity contribution in [2.24, 2.45) is 5.92 Å². The summed E-state index contributed by atoms with van der Waals surface area (Å²) in [5, 5.41) is 17.7. The third-order valence-electron chi connectivity index (χ3n) is 4.67. The van der Waals surface area contributed by atoms with E-state index in [-0.39, 0.29) is 11.7 Å². The molecule has 1 aromatic heterocycles. The third-order valence-corrected chi connectivity index (χ3v) is 4.67. The minimum atomic E-state index is 0.120. The summed E-state index contributed by atoms with van der Waals surface area (Å²) in [6, 6.07) is 13.1. The highest BCUT2D eigenvalue weighted by atomic mass is 16.3. The van der Waals surface area contributed by atoms with Crippen molar-refractivity contribution < 1.29 is 9.90 Å². The highest BCUT2D eigenvalue weighted by Crippen LogP contribution is 2.30. The Morgan fingerprint density at radius 3 is 2.88 bits per heavy atom. The first kappa shape index (κ1) is 15.7. The summed E-state index contributed by atoms with van der Waals surface area (Å²) in [5.74, 6) is 0.978. The van der Waals surface area contributed by atoms with E-state index in [9.17, 15) is 9.90 Å². The highest BCUT2D eigenvalue weighted by molar-refractivity contribution is 5.82. The molecule has 5 heteroatoms. The molecule has 0 radical (unpaired) electrons. The summed E-state index contributed by atoms with van der Waals surface area (Å²) < 4.78 is 0. The van der Waals surface area contributed by atoms with Gasteiger partial charge in [-0.3, -0.25) is 9.89 Å². The first-order chi connectivity index (χ1) is 12.2. The van der Waals surface area contributed by atoms with Crippen LogP contribution < -0.4 is 0 Å². The van der Waals surface area contributed by atoms with Gasteiger partial charge in [-0.05, 0) is 48.1 Å². The molecule has 1 amide bonds. The predicted octanol–water partition coefficient (Wildman–Crippen LogP) is 3.25. The van der Waals surface area contributed by atoms with E-state index in [2.05, 4.69) is 10.2 Å². The third kappa shape index (κ3) is 3.82. The molecule has 0 bridgehead atoms. The topological polar surface area (TPSA) is 69.2 Å². The number of aromatic nitrogens is 2. The lowest BCUT2D eigenvalue weighted by molar-refractivity contribution is -0.131. The lowest BCUT2D eigenvalue weighted by Gasteiger charge is -2.23. The molecule has 4 rings (SSSR count). The smallest absolute Gasteiger partial charge is 0.227 e. The van der Waals surface area contributed by atoms with E-state index in [1.54, 1.807) is 18.3 Å². The largest absolute Gasteiger partial charge is 0.508 e. The van der Waals surface area contributed by atoms with Crippen molar-refractivity contribution in [1.82, 2.24) is 15.1 Å². The fourth-order valence-corrected chi connectivity index (χ4v) is 3.12. The second kappa shape index (κ2) is 6.59. The molecule has 2 N–H and O–H groups in total. The number of hydrogen-bond donors (Lipinski definition) is 2. The molecule has 0 atom stereocenters. The molecule has 1 heterocycles. The van der Waals surface area contributed by atoms with Crippen LogP contribution in [0.1, 0.15) is 24.0 Å². The van der Waals surface area contributed by atoms with E-state index in [0.717, 1.165) is 28.6 Å². The quantitative estimate of drug-likeness (QED) is 0.726. The monoisotopic (exact) mass is 335 g/mol. The second-order valence-electron chi connectivity index (χ2n) is 6.86. The Bertz CT molecular complexity index is 899. The lowest BCUT2D eigenvalue weighted by atomic mass is 10.1. The zero-order valence-corrected chi connectivity index (χ0v) is 14.0. The maximum absolute atomic E-state index is 12.9. The molecule has 0 aliphatic heterocycles. The first-order valence-corrected chi connectivity index (χ1v) is 8.65. The number of aromatic amines is 1. The zero-order chi connectivity index (χ0) is 17.2. The van der Waals surface area contributed by atoms with Gasteiger partial charge in [-0.25, -0.2) is 0 Å². The lowest BCUT2D eigenvalue weighted by Crippen LogP contribution is -2.33. The van der Waals surface area contributed by atoms with Gasteiger partial charge in [0.2, 0.25) is 5.91 Å². The number of carbonyl (C=O) groups excluding carboxylic acids is 1. The van der Waals surface area contributed by atoms with E-state index >= 15 is 0 Å². The fourth-order valence-electron chi connectivity index (χ4n) is 3.12. The van der Waals surface area contributed by atoms with Crippen LogP contribution >= 0.6 is 0 Å². The maximum atomic E-state index is 12.9. The van der Waals surface area contributed by atoms with Crippen LogP contribution in [-0.2, 0) is 17.8 Å². The molecule has 2 aromatic carbocycles. The number of nitrogens with one attached hydrogen (secondary N) is 1. The van der Waals surface area contributed by atoms with Gasteiger partial charge < -0.3 is 10.0 Å². The van der Waals surface area contributed by atoms with Crippen molar-refractivity contribution in [1.29, 1.82) is 0 Å². The van der Waals surface area contributed by atoms with E-state index in [1.165, 1.54) is 12.8 Å². The number of rotatable bonds is 6. The van der Waals surface area contributed by atoms with Crippen molar-refractivity contribution in [3.8, 4) is 5.75 Å². The summed E-state index contributed by atoms with van der Waals surface area (Å²) in [5.41, 5.74) is 2.89. The van der Waals surface area contributed by atoms with Crippen LogP contribution in [0.15, 0.2) is 48.7 Å². The Labute approximate surface area is 146 Å². The summed E-state index contributed by atoms with van der Waals surface area (Å²) in [7, 11) is 0. The number of aromatic hydroxyl groups is 1. The summed E-state index contributed by atoms with van der Waals surface area (Å²) >= 11 is 0. The average molecular weight is 335 g/mol.